The Morgan fingerprint density at radius 1 is 1.20 bits per heavy atom. The molecule has 0 saturated carbocycles. The summed E-state index contributed by atoms with van der Waals surface area (Å²) in [5.41, 5.74) is 4.08. The molecule has 0 aliphatic carbocycles. The van der Waals surface area contributed by atoms with E-state index in [-0.39, 0.29) is 0 Å². The topological polar surface area (TPSA) is 16.4 Å². The lowest BCUT2D eigenvalue weighted by atomic mass is 10.2. The minimum Gasteiger partial charge on any atom is -0.472 e. The van der Waals surface area contributed by atoms with E-state index in [1.165, 1.54) is 16.8 Å². The van der Waals surface area contributed by atoms with Gasteiger partial charge in [-0.05, 0) is 24.1 Å². The summed E-state index contributed by atoms with van der Waals surface area (Å²) in [5.74, 6) is 0. The summed E-state index contributed by atoms with van der Waals surface area (Å²) in [4.78, 5) is 2.40. The van der Waals surface area contributed by atoms with Gasteiger partial charge in [-0.15, -0.1) is 0 Å². The first-order chi connectivity index (χ1) is 7.43. The monoisotopic (exact) mass is 199 g/mol. The van der Waals surface area contributed by atoms with Crippen LogP contribution in [0, 0.1) is 0 Å². The zero-order chi connectivity index (χ0) is 10.1. The van der Waals surface area contributed by atoms with E-state index in [0.717, 1.165) is 19.5 Å². The second kappa shape index (κ2) is 3.46. The first kappa shape index (κ1) is 8.60. The van der Waals surface area contributed by atoms with E-state index in [2.05, 4.69) is 29.2 Å². The molecule has 1 aromatic carbocycles. The molecule has 2 heteroatoms. The molecule has 0 unspecified atom stereocenters. The van der Waals surface area contributed by atoms with Gasteiger partial charge in [0.15, 0.2) is 0 Å². The Morgan fingerprint density at radius 3 is 3.00 bits per heavy atom. The molecular formula is C13H13NO. The van der Waals surface area contributed by atoms with Gasteiger partial charge in [0.05, 0.1) is 12.5 Å². The van der Waals surface area contributed by atoms with Gasteiger partial charge in [0, 0.05) is 24.3 Å². The summed E-state index contributed by atoms with van der Waals surface area (Å²) in [6.45, 7) is 2.07. The Kier molecular flexibility index (Phi) is 1.98. The zero-order valence-electron chi connectivity index (χ0n) is 8.52. The van der Waals surface area contributed by atoms with Crippen LogP contribution in [0.4, 0.5) is 5.69 Å². The van der Waals surface area contributed by atoms with Gasteiger partial charge in [0.2, 0.25) is 0 Å². The minimum absolute atomic E-state index is 0.952. The van der Waals surface area contributed by atoms with E-state index in [9.17, 15) is 0 Å². The molecule has 0 amide bonds. The van der Waals surface area contributed by atoms with Crippen molar-refractivity contribution in [3.05, 3.63) is 54.0 Å². The van der Waals surface area contributed by atoms with Crippen LogP contribution in [-0.4, -0.2) is 6.54 Å². The Bertz CT molecular complexity index is 447. The minimum atomic E-state index is 0.952. The molecule has 0 radical (unpaired) electrons. The van der Waals surface area contributed by atoms with Crippen molar-refractivity contribution in [1.82, 2.24) is 0 Å². The van der Waals surface area contributed by atoms with Crippen LogP contribution < -0.4 is 4.90 Å². The first-order valence-electron chi connectivity index (χ1n) is 5.27. The lowest BCUT2D eigenvalue weighted by Gasteiger charge is -2.18. The van der Waals surface area contributed by atoms with Crippen molar-refractivity contribution < 1.29 is 4.42 Å². The van der Waals surface area contributed by atoms with Crippen LogP contribution in [0.25, 0.3) is 0 Å². The summed E-state index contributed by atoms with van der Waals surface area (Å²) < 4.78 is 5.09. The number of benzene rings is 1. The van der Waals surface area contributed by atoms with Gasteiger partial charge in [-0.2, -0.15) is 0 Å². The maximum atomic E-state index is 5.09. The highest BCUT2D eigenvalue weighted by Crippen LogP contribution is 2.28. The predicted molar refractivity (Wildman–Crippen MR) is 59.9 cm³/mol. The van der Waals surface area contributed by atoms with Crippen LogP contribution >= 0.6 is 0 Å². The number of para-hydroxylation sites is 1. The molecule has 76 valence electrons. The molecule has 2 nitrogen and oxygen atoms in total. The summed E-state index contributed by atoms with van der Waals surface area (Å²) in [6, 6.07) is 10.7. The van der Waals surface area contributed by atoms with Crippen molar-refractivity contribution in [2.45, 2.75) is 13.0 Å². The van der Waals surface area contributed by atoms with Gasteiger partial charge in [-0.3, -0.25) is 0 Å². The Balaban J connectivity index is 1.85. The third-order valence-electron chi connectivity index (χ3n) is 2.94. The molecule has 1 aromatic heterocycles. The van der Waals surface area contributed by atoms with E-state index in [4.69, 9.17) is 4.42 Å². The summed E-state index contributed by atoms with van der Waals surface area (Å²) >= 11 is 0. The van der Waals surface area contributed by atoms with Crippen LogP contribution in [0.15, 0.2) is 47.3 Å². The largest absolute Gasteiger partial charge is 0.472 e. The normalized spacial score (nSPS) is 14.3. The predicted octanol–water partition coefficient (Wildman–Crippen LogP) is 2.84. The van der Waals surface area contributed by atoms with Gasteiger partial charge in [0.25, 0.3) is 0 Å². The average Bonchev–Trinajstić information content (AvgIpc) is 2.89. The van der Waals surface area contributed by atoms with Crippen LogP contribution in [-0.2, 0) is 13.0 Å². The van der Waals surface area contributed by atoms with Crippen LogP contribution in [0.2, 0.25) is 0 Å². The second-order valence-corrected chi connectivity index (χ2v) is 3.93. The van der Waals surface area contributed by atoms with Crippen LogP contribution in [0.5, 0.6) is 0 Å². The van der Waals surface area contributed by atoms with Crippen LogP contribution in [0.1, 0.15) is 11.1 Å². The highest BCUT2D eigenvalue weighted by atomic mass is 16.3. The van der Waals surface area contributed by atoms with E-state index < -0.39 is 0 Å². The van der Waals surface area contributed by atoms with Crippen molar-refractivity contribution in [2.75, 3.05) is 11.4 Å². The molecule has 1 aliphatic heterocycles. The van der Waals surface area contributed by atoms with Gasteiger partial charge in [-0.1, -0.05) is 18.2 Å². The average molecular weight is 199 g/mol. The standard InChI is InChI=1S/C13H13NO/c1-2-4-13-12(3-1)5-7-14(13)9-11-6-8-15-10-11/h1-4,6,8,10H,5,7,9H2. The molecule has 2 heterocycles. The highest BCUT2D eigenvalue weighted by molar-refractivity contribution is 5.57. The van der Waals surface area contributed by atoms with E-state index >= 15 is 0 Å². The number of anilines is 1. The Labute approximate surface area is 89.1 Å². The number of nitrogens with zero attached hydrogens (tertiary/aromatic N) is 1. The lowest BCUT2D eigenvalue weighted by molar-refractivity contribution is 0.563. The second-order valence-electron chi connectivity index (χ2n) is 3.93. The zero-order valence-corrected chi connectivity index (χ0v) is 8.52. The number of hydrogen-bond acceptors (Lipinski definition) is 2. The number of furan rings is 1. The fourth-order valence-electron chi connectivity index (χ4n) is 2.17. The Morgan fingerprint density at radius 2 is 2.13 bits per heavy atom. The molecule has 1 aliphatic rings. The maximum absolute atomic E-state index is 5.09. The van der Waals surface area contributed by atoms with E-state index in [1.807, 2.05) is 12.3 Å². The van der Waals surface area contributed by atoms with E-state index in [0.29, 0.717) is 0 Å². The SMILES string of the molecule is c1ccc2c(c1)CCN2Cc1ccoc1. The van der Waals surface area contributed by atoms with Gasteiger partial charge >= 0.3 is 0 Å². The smallest absolute Gasteiger partial charge is 0.0952 e. The molecule has 0 bridgehead atoms. The van der Waals surface area contributed by atoms with Crippen LogP contribution in [0.3, 0.4) is 0 Å². The lowest BCUT2D eigenvalue weighted by Crippen LogP contribution is -2.19. The fraction of sp³-hybridized carbons (Fsp3) is 0.231. The van der Waals surface area contributed by atoms with Crippen molar-refractivity contribution in [3.8, 4) is 0 Å². The van der Waals surface area contributed by atoms with Gasteiger partial charge < -0.3 is 9.32 Å². The quantitative estimate of drug-likeness (QED) is 0.739. The van der Waals surface area contributed by atoms with Crippen molar-refractivity contribution in [1.29, 1.82) is 0 Å². The highest BCUT2D eigenvalue weighted by Gasteiger charge is 2.18. The molecule has 0 fully saturated rings. The maximum Gasteiger partial charge on any atom is 0.0952 e. The Hall–Kier alpha value is -1.70. The number of hydrogen-bond donors (Lipinski definition) is 0. The molecule has 2 aromatic rings. The molecular weight excluding hydrogens is 186 g/mol. The van der Waals surface area contributed by atoms with Gasteiger partial charge in [0.1, 0.15) is 0 Å². The number of rotatable bonds is 2. The molecule has 0 atom stereocenters. The third kappa shape index (κ3) is 1.52. The van der Waals surface area contributed by atoms with Crippen molar-refractivity contribution >= 4 is 5.69 Å². The summed E-state index contributed by atoms with van der Waals surface area (Å²) in [6.07, 6.45) is 4.71. The fourth-order valence-corrected chi connectivity index (χ4v) is 2.17. The molecule has 0 N–H and O–H groups in total. The molecule has 3 rings (SSSR count). The molecule has 15 heavy (non-hydrogen) atoms. The van der Waals surface area contributed by atoms with E-state index in [1.54, 1.807) is 6.26 Å². The van der Waals surface area contributed by atoms with Gasteiger partial charge in [-0.25, -0.2) is 0 Å². The molecule has 0 spiro atoms. The summed E-state index contributed by atoms with van der Waals surface area (Å²) in [7, 11) is 0. The number of fused-ring (bicyclic) bond motifs is 1. The first-order valence-corrected chi connectivity index (χ1v) is 5.27. The summed E-state index contributed by atoms with van der Waals surface area (Å²) in [5, 5.41) is 0. The van der Waals surface area contributed by atoms with Crippen molar-refractivity contribution in [3.63, 3.8) is 0 Å². The molecule has 0 saturated heterocycles. The van der Waals surface area contributed by atoms with Crippen molar-refractivity contribution in [2.24, 2.45) is 0 Å². The third-order valence-corrected chi connectivity index (χ3v) is 2.94.